The first-order valence-electron chi connectivity index (χ1n) is 10.8. The van der Waals surface area contributed by atoms with Crippen LogP contribution in [0, 0.1) is 0 Å². The van der Waals surface area contributed by atoms with Crippen molar-refractivity contribution in [2.45, 2.75) is 103 Å². The highest BCUT2D eigenvalue weighted by atomic mass is 16.5. The first-order valence-corrected chi connectivity index (χ1v) is 10.8. The lowest BCUT2D eigenvalue weighted by molar-refractivity contribution is -0.144. The van der Waals surface area contributed by atoms with Gasteiger partial charge in [-0.25, -0.2) is 0 Å². The number of carbonyl (C=O) groups excluding carboxylic acids is 1. The Bertz CT molecular complexity index is 413. The molecule has 0 aromatic heterocycles. The number of esters is 1. The molecule has 0 radical (unpaired) electrons. The largest absolute Gasteiger partial charge is 0.481 e. The van der Waals surface area contributed by atoms with Gasteiger partial charge in [-0.15, -0.1) is 0 Å². The molecule has 1 N–H and O–H groups in total. The van der Waals surface area contributed by atoms with E-state index in [9.17, 15) is 9.59 Å². The molecule has 27 heavy (non-hydrogen) atoms. The van der Waals surface area contributed by atoms with E-state index in [0.717, 1.165) is 12.8 Å². The number of carboxylic acids is 1. The SMILES string of the molecule is CCCCCCCCCC/C=C\C/C=C\CCOC(=O)CCCCC(=O)O. The fourth-order valence-electron chi connectivity index (χ4n) is 2.76. The molecule has 156 valence electrons. The maximum absolute atomic E-state index is 11.4. The molecular weight excluding hydrogens is 340 g/mol. The Morgan fingerprint density at radius 2 is 1.33 bits per heavy atom. The van der Waals surface area contributed by atoms with Gasteiger partial charge in [0.2, 0.25) is 0 Å². The summed E-state index contributed by atoms with van der Waals surface area (Å²) >= 11 is 0. The first-order chi connectivity index (χ1) is 13.2. The standard InChI is InChI=1S/C23H40O4/c1-2-3-4-5-6-7-8-9-10-11-12-13-14-15-18-21-27-23(26)20-17-16-19-22(24)25/h11-12,14-15H,2-10,13,16-21H2,1H3,(H,24,25)/b12-11-,15-14-. The van der Waals surface area contributed by atoms with Gasteiger partial charge >= 0.3 is 11.9 Å². The van der Waals surface area contributed by atoms with Crippen LogP contribution in [0.3, 0.4) is 0 Å². The maximum atomic E-state index is 11.4. The van der Waals surface area contributed by atoms with E-state index in [1.165, 1.54) is 57.8 Å². The Kier molecular flexibility index (Phi) is 19.5. The fraction of sp³-hybridized carbons (Fsp3) is 0.739. The summed E-state index contributed by atoms with van der Waals surface area (Å²) in [7, 11) is 0. The minimum atomic E-state index is -0.819. The number of rotatable bonds is 19. The second kappa shape index (κ2) is 20.7. The molecule has 0 aromatic rings. The summed E-state index contributed by atoms with van der Waals surface area (Å²) in [5.74, 6) is -1.06. The third kappa shape index (κ3) is 22.4. The molecule has 0 fully saturated rings. The Hall–Kier alpha value is -1.58. The van der Waals surface area contributed by atoms with Crippen LogP contribution in [0.15, 0.2) is 24.3 Å². The summed E-state index contributed by atoms with van der Waals surface area (Å²) in [6.45, 7) is 2.65. The topological polar surface area (TPSA) is 63.6 Å². The molecule has 0 saturated carbocycles. The summed E-state index contributed by atoms with van der Waals surface area (Å²) in [6.07, 6.45) is 23.8. The quantitative estimate of drug-likeness (QED) is 0.156. The van der Waals surface area contributed by atoms with E-state index in [0.29, 0.717) is 25.9 Å². The molecular formula is C23H40O4. The highest BCUT2D eigenvalue weighted by Gasteiger charge is 2.03. The number of carbonyl (C=O) groups is 2. The van der Waals surface area contributed by atoms with Crippen LogP contribution in [0.5, 0.6) is 0 Å². The van der Waals surface area contributed by atoms with Crippen LogP contribution >= 0.6 is 0 Å². The van der Waals surface area contributed by atoms with Gasteiger partial charge in [0.1, 0.15) is 0 Å². The zero-order chi connectivity index (χ0) is 20.0. The van der Waals surface area contributed by atoms with Gasteiger partial charge in [-0.05, 0) is 38.5 Å². The van der Waals surface area contributed by atoms with Crippen LogP contribution in [-0.2, 0) is 14.3 Å². The molecule has 0 bridgehead atoms. The fourth-order valence-corrected chi connectivity index (χ4v) is 2.76. The molecule has 0 aliphatic rings. The smallest absolute Gasteiger partial charge is 0.305 e. The molecule has 0 atom stereocenters. The third-order valence-corrected chi connectivity index (χ3v) is 4.40. The molecule has 4 nitrogen and oxygen atoms in total. The van der Waals surface area contributed by atoms with Crippen LogP contribution < -0.4 is 0 Å². The summed E-state index contributed by atoms with van der Waals surface area (Å²) in [6, 6.07) is 0. The minimum absolute atomic E-state index is 0.114. The zero-order valence-corrected chi connectivity index (χ0v) is 17.3. The van der Waals surface area contributed by atoms with Crippen LogP contribution in [-0.4, -0.2) is 23.7 Å². The number of hydrogen-bond donors (Lipinski definition) is 1. The lowest BCUT2D eigenvalue weighted by Crippen LogP contribution is -2.05. The number of unbranched alkanes of at least 4 members (excludes halogenated alkanes) is 9. The van der Waals surface area contributed by atoms with Crippen LogP contribution in [0.2, 0.25) is 0 Å². The van der Waals surface area contributed by atoms with E-state index in [1.54, 1.807) is 0 Å². The Balaban J connectivity index is 3.33. The first kappa shape index (κ1) is 25.4. The van der Waals surface area contributed by atoms with Gasteiger partial charge in [-0.2, -0.15) is 0 Å². The van der Waals surface area contributed by atoms with E-state index in [-0.39, 0.29) is 12.4 Å². The van der Waals surface area contributed by atoms with Crippen molar-refractivity contribution in [1.82, 2.24) is 0 Å². The van der Waals surface area contributed by atoms with Crippen molar-refractivity contribution in [3.63, 3.8) is 0 Å². The van der Waals surface area contributed by atoms with E-state index in [2.05, 4.69) is 25.2 Å². The average Bonchev–Trinajstić information content (AvgIpc) is 2.64. The van der Waals surface area contributed by atoms with E-state index < -0.39 is 5.97 Å². The van der Waals surface area contributed by atoms with Crippen molar-refractivity contribution >= 4 is 11.9 Å². The second-order valence-electron chi connectivity index (χ2n) is 7.05. The summed E-state index contributed by atoms with van der Waals surface area (Å²) < 4.78 is 5.11. The van der Waals surface area contributed by atoms with E-state index >= 15 is 0 Å². The Morgan fingerprint density at radius 3 is 2.00 bits per heavy atom. The van der Waals surface area contributed by atoms with Crippen LogP contribution in [0.25, 0.3) is 0 Å². The summed E-state index contributed by atoms with van der Waals surface area (Å²) in [5, 5.41) is 8.51. The van der Waals surface area contributed by atoms with Gasteiger partial charge in [-0.3, -0.25) is 9.59 Å². The molecule has 0 aliphatic carbocycles. The number of carboxylic acid groups (broad SMARTS) is 1. The lowest BCUT2D eigenvalue weighted by Gasteiger charge is -2.02. The van der Waals surface area contributed by atoms with Crippen molar-refractivity contribution in [2.75, 3.05) is 6.61 Å². The molecule has 0 aliphatic heterocycles. The highest BCUT2D eigenvalue weighted by Crippen LogP contribution is 2.09. The lowest BCUT2D eigenvalue weighted by atomic mass is 10.1. The number of aliphatic carboxylic acids is 1. The van der Waals surface area contributed by atoms with Crippen molar-refractivity contribution in [3.05, 3.63) is 24.3 Å². The molecule has 0 spiro atoms. The predicted molar refractivity (Wildman–Crippen MR) is 112 cm³/mol. The number of hydrogen-bond acceptors (Lipinski definition) is 3. The van der Waals surface area contributed by atoms with Crippen molar-refractivity contribution in [3.8, 4) is 0 Å². The van der Waals surface area contributed by atoms with Crippen molar-refractivity contribution in [1.29, 1.82) is 0 Å². The monoisotopic (exact) mass is 380 g/mol. The highest BCUT2D eigenvalue weighted by molar-refractivity contribution is 5.69. The number of ether oxygens (including phenoxy) is 1. The summed E-state index contributed by atoms with van der Waals surface area (Å²) in [4.78, 5) is 21.8. The average molecular weight is 381 g/mol. The molecule has 0 rings (SSSR count). The maximum Gasteiger partial charge on any atom is 0.305 e. The summed E-state index contributed by atoms with van der Waals surface area (Å²) in [5.41, 5.74) is 0. The zero-order valence-electron chi connectivity index (χ0n) is 17.3. The molecule has 0 saturated heterocycles. The second-order valence-corrected chi connectivity index (χ2v) is 7.05. The van der Waals surface area contributed by atoms with Crippen molar-refractivity contribution < 1.29 is 19.4 Å². The van der Waals surface area contributed by atoms with Gasteiger partial charge in [-0.1, -0.05) is 76.2 Å². The van der Waals surface area contributed by atoms with Gasteiger partial charge in [0.25, 0.3) is 0 Å². The van der Waals surface area contributed by atoms with Gasteiger partial charge in [0.15, 0.2) is 0 Å². The third-order valence-electron chi connectivity index (χ3n) is 4.40. The number of allylic oxidation sites excluding steroid dienone is 3. The minimum Gasteiger partial charge on any atom is -0.481 e. The molecule has 0 unspecified atom stereocenters. The van der Waals surface area contributed by atoms with Gasteiger partial charge in [0, 0.05) is 12.8 Å². The van der Waals surface area contributed by atoms with Gasteiger partial charge in [0.05, 0.1) is 6.61 Å². The molecule has 0 amide bonds. The molecule has 4 heteroatoms. The van der Waals surface area contributed by atoms with Crippen LogP contribution in [0.1, 0.15) is 103 Å². The van der Waals surface area contributed by atoms with Crippen molar-refractivity contribution in [2.24, 2.45) is 0 Å². The van der Waals surface area contributed by atoms with Crippen LogP contribution in [0.4, 0.5) is 0 Å². The van der Waals surface area contributed by atoms with E-state index in [1.807, 2.05) is 6.08 Å². The van der Waals surface area contributed by atoms with E-state index in [4.69, 9.17) is 9.84 Å². The Labute approximate surface area is 166 Å². The van der Waals surface area contributed by atoms with Gasteiger partial charge < -0.3 is 9.84 Å². The Morgan fingerprint density at radius 1 is 0.741 bits per heavy atom. The molecule has 0 aromatic carbocycles. The predicted octanol–water partition coefficient (Wildman–Crippen LogP) is 6.60. The normalized spacial score (nSPS) is 11.4. The molecule has 0 heterocycles.